The molecule has 2 heterocycles. The highest BCUT2D eigenvalue weighted by Crippen LogP contribution is 2.33. The average molecular weight is 356 g/mol. The van der Waals surface area contributed by atoms with E-state index in [1.165, 1.54) is 7.05 Å². The summed E-state index contributed by atoms with van der Waals surface area (Å²) < 4.78 is 39.2. The third-order valence-electron chi connectivity index (χ3n) is 3.87. The van der Waals surface area contributed by atoms with Crippen molar-refractivity contribution < 1.29 is 18.0 Å². The molecule has 1 atom stereocenters. The molecule has 0 unspecified atom stereocenters. The number of hydrogen-bond donors (Lipinski definition) is 0. The van der Waals surface area contributed by atoms with Crippen molar-refractivity contribution in [2.45, 2.75) is 29.9 Å². The van der Waals surface area contributed by atoms with Crippen LogP contribution >= 0.6 is 11.8 Å². The molecule has 0 bridgehead atoms. The molecule has 24 heavy (non-hydrogen) atoms. The zero-order valence-electron chi connectivity index (χ0n) is 13.0. The Balaban J connectivity index is 1.75. The molecule has 0 spiro atoms. The van der Waals surface area contributed by atoms with Gasteiger partial charge >= 0.3 is 6.18 Å². The van der Waals surface area contributed by atoms with E-state index in [0.29, 0.717) is 6.54 Å². The zero-order valence-corrected chi connectivity index (χ0v) is 13.9. The van der Waals surface area contributed by atoms with Gasteiger partial charge in [0.05, 0.1) is 5.25 Å². The van der Waals surface area contributed by atoms with Crippen molar-refractivity contribution in [3.8, 4) is 0 Å². The highest BCUT2D eigenvalue weighted by Gasteiger charge is 2.38. The fourth-order valence-corrected chi connectivity index (χ4v) is 3.54. The van der Waals surface area contributed by atoms with Gasteiger partial charge in [0.25, 0.3) is 0 Å². The molecule has 9 heteroatoms. The third-order valence-corrected chi connectivity index (χ3v) is 4.99. The van der Waals surface area contributed by atoms with Gasteiger partial charge in [0, 0.05) is 19.3 Å². The van der Waals surface area contributed by atoms with Gasteiger partial charge < -0.3 is 9.47 Å². The first-order valence-electron chi connectivity index (χ1n) is 7.31. The molecule has 1 aromatic carbocycles. The van der Waals surface area contributed by atoms with Gasteiger partial charge in [0.15, 0.2) is 5.16 Å². The Labute approximate surface area is 140 Å². The standard InChI is InChI=1S/C15H15F3N4OS/c1-9(24-14-20-19-13(21(14)2)15(16,17)18)12(23)22-8-7-10-5-3-4-6-11(10)22/h3-6,9H,7-8H2,1-2H3/t9-/m0/s1. The van der Waals surface area contributed by atoms with E-state index in [9.17, 15) is 18.0 Å². The molecule has 1 aromatic heterocycles. The van der Waals surface area contributed by atoms with Gasteiger partial charge in [0.1, 0.15) is 0 Å². The first kappa shape index (κ1) is 16.8. The lowest BCUT2D eigenvalue weighted by Gasteiger charge is -2.21. The maximum absolute atomic E-state index is 12.8. The molecular weight excluding hydrogens is 341 g/mol. The fraction of sp³-hybridized carbons (Fsp3) is 0.400. The van der Waals surface area contributed by atoms with E-state index < -0.39 is 17.3 Å². The number of rotatable bonds is 3. The highest BCUT2D eigenvalue weighted by atomic mass is 32.2. The summed E-state index contributed by atoms with van der Waals surface area (Å²) >= 11 is 0.975. The Morgan fingerprint density at radius 3 is 2.67 bits per heavy atom. The van der Waals surface area contributed by atoms with E-state index in [0.717, 1.165) is 34.0 Å². The van der Waals surface area contributed by atoms with Gasteiger partial charge in [-0.3, -0.25) is 4.79 Å². The highest BCUT2D eigenvalue weighted by molar-refractivity contribution is 8.00. The Kier molecular flexibility index (Phi) is 4.29. The molecule has 1 aliphatic rings. The van der Waals surface area contributed by atoms with Crippen LogP contribution in [0.15, 0.2) is 29.4 Å². The van der Waals surface area contributed by atoms with Crippen molar-refractivity contribution in [1.82, 2.24) is 14.8 Å². The molecule has 1 amide bonds. The van der Waals surface area contributed by atoms with Gasteiger partial charge in [-0.15, -0.1) is 10.2 Å². The van der Waals surface area contributed by atoms with Crippen LogP contribution in [-0.4, -0.2) is 32.5 Å². The van der Waals surface area contributed by atoms with Crippen molar-refractivity contribution in [3.63, 3.8) is 0 Å². The van der Waals surface area contributed by atoms with Crippen LogP contribution in [-0.2, 0) is 24.4 Å². The number of amides is 1. The predicted molar refractivity (Wildman–Crippen MR) is 83.8 cm³/mol. The SMILES string of the molecule is C[C@H](Sc1nnc(C(F)(F)F)n1C)C(=O)N1CCc2ccccc21. The number of para-hydroxylation sites is 1. The van der Waals surface area contributed by atoms with Crippen LogP contribution in [0.2, 0.25) is 0 Å². The quantitative estimate of drug-likeness (QED) is 0.794. The summed E-state index contributed by atoms with van der Waals surface area (Å²) in [4.78, 5) is 14.3. The second kappa shape index (κ2) is 6.12. The van der Waals surface area contributed by atoms with E-state index >= 15 is 0 Å². The second-order valence-electron chi connectivity index (χ2n) is 5.49. The Bertz CT molecular complexity index is 774. The monoisotopic (exact) mass is 356 g/mol. The van der Waals surface area contributed by atoms with E-state index in [1.807, 2.05) is 24.3 Å². The maximum atomic E-state index is 12.8. The molecule has 0 saturated heterocycles. The van der Waals surface area contributed by atoms with E-state index in [-0.39, 0.29) is 11.1 Å². The Morgan fingerprint density at radius 2 is 2.00 bits per heavy atom. The number of carbonyl (C=O) groups is 1. The van der Waals surface area contributed by atoms with Crippen molar-refractivity contribution >= 4 is 23.4 Å². The number of nitrogens with zero attached hydrogens (tertiary/aromatic N) is 4. The van der Waals surface area contributed by atoms with Gasteiger partial charge in [-0.25, -0.2) is 0 Å². The van der Waals surface area contributed by atoms with Crippen LogP contribution in [0.3, 0.4) is 0 Å². The van der Waals surface area contributed by atoms with Crippen molar-refractivity contribution in [2.75, 3.05) is 11.4 Å². The summed E-state index contributed by atoms with van der Waals surface area (Å²) in [6.07, 6.45) is -3.79. The number of halogens is 3. The van der Waals surface area contributed by atoms with Gasteiger partial charge in [-0.2, -0.15) is 13.2 Å². The summed E-state index contributed by atoms with van der Waals surface area (Å²) in [5, 5.41) is 6.23. The molecule has 0 N–H and O–H groups in total. The van der Waals surface area contributed by atoms with Crippen LogP contribution in [0, 0.1) is 0 Å². The molecule has 2 aromatic rings. The first-order valence-corrected chi connectivity index (χ1v) is 8.19. The number of hydrogen-bond acceptors (Lipinski definition) is 4. The molecule has 5 nitrogen and oxygen atoms in total. The number of alkyl halides is 3. The zero-order chi connectivity index (χ0) is 17.5. The number of thioether (sulfide) groups is 1. The number of anilines is 1. The lowest BCUT2D eigenvalue weighted by Crippen LogP contribution is -2.35. The van der Waals surface area contributed by atoms with E-state index in [4.69, 9.17) is 0 Å². The minimum Gasteiger partial charge on any atom is -0.311 e. The third kappa shape index (κ3) is 3.00. The summed E-state index contributed by atoms with van der Waals surface area (Å²) in [6.45, 7) is 2.24. The van der Waals surface area contributed by atoms with Gasteiger partial charge in [-0.1, -0.05) is 30.0 Å². The van der Waals surface area contributed by atoms with Crippen LogP contribution < -0.4 is 4.90 Å². The van der Waals surface area contributed by atoms with Gasteiger partial charge in [0.2, 0.25) is 11.7 Å². The minimum absolute atomic E-state index is 0.0654. The van der Waals surface area contributed by atoms with E-state index in [2.05, 4.69) is 10.2 Å². The number of benzene rings is 1. The predicted octanol–water partition coefficient (Wildman–Crippen LogP) is 2.90. The molecule has 3 rings (SSSR count). The van der Waals surface area contributed by atoms with Crippen LogP contribution in [0.5, 0.6) is 0 Å². The van der Waals surface area contributed by atoms with Crippen LogP contribution in [0.25, 0.3) is 0 Å². The minimum atomic E-state index is -4.57. The molecule has 0 radical (unpaired) electrons. The molecule has 0 fully saturated rings. The summed E-state index contributed by atoms with van der Waals surface area (Å²) in [5.74, 6) is -1.22. The lowest BCUT2D eigenvalue weighted by molar-refractivity contribution is -0.147. The molecule has 1 aliphatic heterocycles. The summed E-state index contributed by atoms with van der Waals surface area (Å²) in [7, 11) is 1.24. The van der Waals surface area contributed by atoms with Crippen molar-refractivity contribution in [3.05, 3.63) is 35.7 Å². The first-order chi connectivity index (χ1) is 11.3. The molecule has 0 aliphatic carbocycles. The second-order valence-corrected chi connectivity index (χ2v) is 6.80. The lowest BCUT2D eigenvalue weighted by atomic mass is 10.2. The Hall–Kier alpha value is -2.03. The normalized spacial score (nSPS) is 15.5. The smallest absolute Gasteiger partial charge is 0.311 e. The van der Waals surface area contributed by atoms with Gasteiger partial charge in [-0.05, 0) is 25.0 Å². The van der Waals surface area contributed by atoms with E-state index in [1.54, 1.807) is 11.8 Å². The largest absolute Gasteiger partial charge is 0.451 e. The summed E-state index contributed by atoms with van der Waals surface area (Å²) in [6, 6.07) is 7.63. The molecular formula is C15H15F3N4OS. The molecule has 128 valence electrons. The topological polar surface area (TPSA) is 51.0 Å². The number of aromatic nitrogens is 3. The van der Waals surface area contributed by atoms with Crippen LogP contribution in [0.1, 0.15) is 18.3 Å². The molecule has 0 saturated carbocycles. The van der Waals surface area contributed by atoms with Crippen LogP contribution in [0.4, 0.5) is 18.9 Å². The maximum Gasteiger partial charge on any atom is 0.451 e. The number of fused-ring (bicyclic) bond motifs is 1. The summed E-state index contributed by atoms with van der Waals surface area (Å²) in [5.41, 5.74) is 1.96. The average Bonchev–Trinajstić information content (AvgIpc) is 3.10. The number of carbonyl (C=O) groups excluding carboxylic acids is 1. The van der Waals surface area contributed by atoms with Crippen molar-refractivity contribution in [1.29, 1.82) is 0 Å². The van der Waals surface area contributed by atoms with Crippen molar-refractivity contribution in [2.24, 2.45) is 7.05 Å². The fourth-order valence-electron chi connectivity index (χ4n) is 2.66. The Morgan fingerprint density at radius 1 is 1.29 bits per heavy atom.